The third kappa shape index (κ3) is 2.03. The normalized spacial score (nSPS) is 21.1. The summed E-state index contributed by atoms with van der Waals surface area (Å²) >= 11 is 0. The average molecular weight is 226 g/mol. The Morgan fingerprint density at radius 2 is 2.00 bits per heavy atom. The lowest BCUT2D eigenvalue weighted by Crippen LogP contribution is -2.32. The predicted molar refractivity (Wildman–Crippen MR) is 59.8 cm³/mol. The van der Waals surface area contributed by atoms with Crippen LogP contribution in [0.2, 0.25) is 0 Å². The quantitative estimate of drug-likeness (QED) is 0.553. The van der Waals surface area contributed by atoms with Gasteiger partial charge in [-0.3, -0.25) is 4.79 Å². The van der Waals surface area contributed by atoms with Crippen molar-refractivity contribution in [1.82, 2.24) is 0 Å². The SMILES string of the molecule is C=C1CCC(=C)C1(CCC(O)OC)C(=O)O. The van der Waals surface area contributed by atoms with E-state index in [2.05, 4.69) is 13.2 Å². The largest absolute Gasteiger partial charge is 0.480 e. The number of hydrogen-bond acceptors (Lipinski definition) is 3. The maximum Gasteiger partial charge on any atom is 0.317 e. The van der Waals surface area contributed by atoms with E-state index in [0.717, 1.165) is 0 Å². The van der Waals surface area contributed by atoms with E-state index < -0.39 is 17.7 Å². The maximum absolute atomic E-state index is 11.4. The van der Waals surface area contributed by atoms with Gasteiger partial charge in [0.25, 0.3) is 0 Å². The van der Waals surface area contributed by atoms with Gasteiger partial charge in [-0.05, 0) is 25.7 Å². The standard InChI is InChI=1S/C12H18O4/c1-8-4-5-9(2)12(8,11(14)15)7-6-10(13)16-3/h10,13H,1-2,4-7H2,3H3,(H,14,15). The zero-order chi connectivity index (χ0) is 12.3. The molecule has 1 atom stereocenters. The van der Waals surface area contributed by atoms with Crippen molar-refractivity contribution in [3.8, 4) is 0 Å². The Bertz CT molecular complexity index is 303. The molecule has 1 aliphatic rings. The molecule has 1 unspecified atom stereocenters. The zero-order valence-electron chi connectivity index (χ0n) is 9.53. The van der Waals surface area contributed by atoms with E-state index in [1.807, 2.05) is 0 Å². The number of carboxylic acids is 1. The Hall–Kier alpha value is -1.13. The molecular formula is C12H18O4. The van der Waals surface area contributed by atoms with Crippen LogP contribution in [0, 0.1) is 5.41 Å². The van der Waals surface area contributed by atoms with Crippen molar-refractivity contribution in [1.29, 1.82) is 0 Å². The molecule has 0 spiro atoms. The molecule has 0 aliphatic heterocycles. The van der Waals surface area contributed by atoms with Crippen molar-refractivity contribution in [2.45, 2.75) is 32.0 Å². The van der Waals surface area contributed by atoms with Crippen LogP contribution in [0.5, 0.6) is 0 Å². The highest BCUT2D eigenvalue weighted by molar-refractivity contribution is 5.83. The average Bonchev–Trinajstić information content (AvgIpc) is 2.53. The van der Waals surface area contributed by atoms with E-state index in [1.54, 1.807) is 0 Å². The first kappa shape index (κ1) is 12.9. The Morgan fingerprint density at radius 3 is 2.38 bits per heavy atom. The number of carboxylic acid groups (broad SMARTS) is 1. The molecular weight excluding hydrogens is 208 g/mol. The number of aliphatic carboxylic acids is 1. The first-order chi connectivity index (χ1) is 7.45. The molecule has 4 nitrogen and oxygen atoms in total. The third-order valence-corrected chi connectivity index (χ3v) is 3.34. The Labute approximate surface area is 95.2 Å². The fourth-order valence-electron chi connectivity index (χ4n) is 2.20. The first-order valence-corrected chi connectivity index (χ1v) is 5.26. The molecule has 1 fully saturated rings. The minimum absolute atomic E-state index is 0.265. The second-order valence-electron chi connectivity index (χ2n) is 4.15. The highest BCUT2D eigenvalue weighted by Crippen LogP contribution is 2.49. The second kappa shape index (κ2) is 4.80. The van der Waals surface area contributed by atoms with E-state index >= 15 is 0 Å². The number of aliphatic hydroxyl groups excluding tert-OH is 1. The van der Waals surface area contributed by atoms with Crippen LogP contribution in [0.1, 0.15) is 25.7 Å². The molecule has 0 radical (unpaired) electrons. The molecule has 4 heteroatoms. The predicted octanol–water partition coefficient (Wildman–Crippen LogP) is 1.71. The van der Waals surface area contributed by atoms with Crippen LogP contribution in [0.3, 0.4) is 0 Å². The summed E-state index contributed by atoms with van der Waals surface area (Å²) in [5.41, 5.74) is 0.279. The highest BCUT2D eigenvalue weighted by atomic mass is 16.6. The van der Waals surface area contributed by atoms with Gasteiger partial charge in [-0.1, -0.05) is 24.3 Å². The lowest BCUT2D eigenvalue weighted by atomic mass is 9.76. The fraction of sp³-hybridized carbons (Fsp3) is 0.583. The Morgan fingerprint density at radius 1 is 1.50 bits per heavy atom. The van der Waals surface area contributed by atoms with Crippen LogP contribution in [0.25, 0.3) is 0 Å². The van der Waals surface area contributed by atoms with E-state index in [9.17, 15) is 15.0 Å². The van der Waals surface area contributed by atoms with Gasteiger partial charge >= 0.3 is 5.97 Å². The second-order valence-corrected chi connectivity index (χ2v) is 4.15. The van der Waals surface area contributed by atoms with Crippen molar-refractivity contribution in [2.75, 3.05) is 7.11 Å². The number of carbonyl (C=O) groups is 1. The highest BCUT2D eigenvalue weighted by Gasteiger charge is 2.47. The van der Waals surface area contributed by atoms with E-state index in [4.69, 9.17) is 4.74 Å². The molecule has 2 N–H and O–H groups in total. The van der Waals surface area contributed by atoms with E-state index in [1.165, 1.54) is 7.11 Å². The molecule has 1 aliphatic carbocycles. The molecule has 0 saturated heterocycles. The number of hydrogen-bond donors (Lipinski definition) is 2. The summed E-state index contributed by atoms with van der Waals surface area (Å²) in [6.45, 7) is 7.64. The van der Waals surface area contributed by atoms with Gasteiger partial charge in [-0.2, -0.15) is 0 Å². The lowest BCUT2D eigenvalue weighted by Gasteiger charge is -2.27. The van der Waals surface area contributed by atoms with Crippen LogP contribution in [-0.2, 0) is 9.53 Å². The summed E-state index contributed by atoms with van der Waals surface area (Å²) in [5.74, 6) is -0.927. The van der Waals surface area contributed by atoms with E-state index in [0.29, 0.717) is 24.0 Å². The summed E-state index contributed by atoms with van der Waals surface area (Å²) in [5, 5.41) is 18.7. The van der Waals surface area contributed by atoms with E-state index in [-0.39, 0.29) is 12.8 Å². The summed E-state index contributed by atoms with van der Waals surface area (Å²) < 4.78 is 4.71. The van der Waals surface area contributed by atoms with Crippen molar-refractivity contribution in [2.24, 2.45) is 5.41 Å². The van der Waals surface area contributed by atoms with Gasteiger partial charge in [-0.15, -0.1) is 0 Å². The molecule has 90 valence electrons. The topological polar surface area (TPSA) is 66.8 Å². The van der Waals surface area contributed by atoms with Crippen molar-refractivity contribution in [3.05, 3.63) is 24.3 Å². The first-order valence-electron chi connectivity index (χ1n) is 5.26. The molecule has 16 heavy (non-hydrogen) atoms. The molecule has 0 aromatic heterocycles. The number of methoxy groups -OCH3 is 1. The smallest absolute Gasteiger partial charge is 0.317 e. The van der Waals surface area contributed by atoms with Crippen LogP contribution in [0.15, 0.2) is 24.3 Å². The molecule has 1 rings (SSSR count). The monoisotopic (exact) mass is 226 g/mol. The summed E-state index contributed by atoms with van der Waals surface area (Å²) in [6, 6.07) is 0. The Kier molecular flexibility index (Phi) is 3.88. The van der Waals surface area contributed by atoms with Crippen molar-refractivity contribution >= 4 is 5.97 Å². The molecule has 0 aromatic carbocycles. The van der Waals surface area contributed by atoms with Gasteiger partial charge in [-0.25, -0.2) is 0 Å². The van der Waals surface area contributed by atoms with Crippen LogP contribution in [0.4, 0.5) is 0 Å². The minimum Gasteiger partial charge on any atom is -0.480 e. The lowest BCUT2D eigenvalue weighted by molar-refractivity contribution is -0.145. The van der Waals surface area contributed by atoms with Gasteiger partial charge in [0.15, 0.2) is 6.29 Å². The van der Waals surface area contributed by atoms with Crippen molar-refractivity contribution in [3.63, 3.8) is 0 Å². The van der Waals surface area contributed by atoms with Gasteiger partial charge in [0.1, 0.15) is 5.41 Å². The summed E-state index contributed by atoms with van der Waals surface area (Å²) in [7, 11) is 1.39. The number of ether oxygens (including phenoxy) is 1. The van der Waals surface area contributed by atoms with Gasteiger partial charge in [0, 0.05) is 7.11 Å². The summed E-state index contributed by atoms with van der Waals surface area (Å²) in [6.07, 6.45) is 0.940. The zero-order valence-corrected chi connectivity index (χ0v) is 9.53. The molecule has 0 amide bonds. The van der Waals surface area contributed by atoms with Gasteiger partial charge in [0.05, 0.1) is 0 Å². The van der Waals surface area contributed by atoms with Gasteiger partial charge < -0.3 is 14.9 Å². The number of rotatable bonds is 5. The summed E-state index contributed by atoms with van der Waals surface area (Å²) in [4.78, 5) is 11.4. The van der Waals surface area contributed by atoms with Gasteiger partial charge in [0.2, 0.25) is 0 Å². The minimum atomic E-state index is -1.07. The molecule has 0 aromatic rings. The van der Waals surface area contributed by atoms with Crippen LogP contribution in [-0.4, -0.2) is 29.6 Å². The third-order valence-electron chi connectivity index (χ3n) is 3.34. The van der Waals surface area contributed by atoms with Crippen LogP contribution >= 0.6 is 0 Å². The Balaban J connectivity index is 2.85. The number of aliphatic hydroxyl groups is 1. The van der Waals surface area contributed by atoms with Crippen molar-refractivity contribution < 1.29 is 19.7 Å². The molecule has 0 heterocycles. The maximum atomic E-state index is 11.4. The molecule has 0 bridgehead atoms. The fourth-order valence-corrected chi connectivity index (χ4v) is 2.20. The van der Waals surface area contributed by atoms with Crippen LogP contribution < -0.4 is 0 Å². The molecule has 1 saturated carbocycles.